The Morgan fingerprint density at radius 2 is 2.00 bits per heavy atom. The third-order valence-corrected chi connectivity index (χ3v) is 6.37. The lowest BCUT2D eigenvalue weighted by Crippen LogP contribution is -2.49. The van der Waals surface area contributed by atoms with Crippen molar-refractivity contribution in [3.63, 3.8) is 0 Å². The third kappa shape index (κ3) is 8.22. The maximum atomic E-state index is 5.52. The van der Waals surface area contributed by atoms with E-state index < -0.39 is 0 Å². The molecule has 0 aliphatic carbocycles. The summed E-state index contributed by atoms with van der Waals surface area (Å²) in [5.74, 6) is 2.47. The van der Waals surface area contributed by atoms with Gasteiger partial charge in [-0.25, -0.2) is 0 Å². The zero-order valence-corrected chi connectivity index (χ0v) is 22.0. The van der Waals surface area contributed by atoms with E-state index in [9.17, 15) is 0 Å². The molecule has 1 aromatic heterocycles. The van der Waals surface area contributed by atoms with Gasteiger partial charge in [0.05, 0.1) is 6.61 Å². The first kappa shape index (κ1) is 25.9. The van der Waals surface area contributed by atoms with Crippen LogP contribution in [-0.2, 0) is 24.2 Å². The number of hydrogen-bond acceptors (Lipinski definition) is 5. The van der Waals surface area contributed by atoms with Gasteiger partial charge in [0.25, 0.3) is 0 Å². The second kappa shape index (κ2) is 13.9. The summed E-state index contributed by atoms with van der Waals surface area (Å²) in [7, 11) is 0. The number of rotatable bonds is 9. The van der Waals surface area contributed by atoms with E-state index in [0.717, 1.165) is 89.9 Å². The highest BCUT2D eigenvalue weighted by Crippen LogP contribution is 2.15. The molecular weight excluding hydrogens is 529 g/mol. The van der Waals surface area contributed by atoms with Gasteiger partial charge in [-0.1, -0.05) is 37.3 Å². The number of benzene rings is 1. The smallest absolute Gasteiger partial charge is 0.191 e. The van der Waals surface area contributed by atoms with Crippen LogP contribution in [0.2, 0.25) is 0 Å². The van der Waals surface area contributed by atoms with Crippen LogP contribution in [0.5, 0.6) is 0 Å². The highest BCUT2D eigenvalue weighted by molar-refractivity contribution is 14.0. The number of nitrogens with zero attached hydrogens (tertiary/aromatic N) is 5. The van der Waals surface area contributed by atoms with Crippen molar-refractivity contribution in [2.75, 3.05) is 39.4 Å². The summed E-state index contributed by atoms with van der Waals surface area (Å²) in [6, 6.07) is 11.2. The Morgan fingerprint density at radius 3 is 2.73 bits per heavy atom. The molecule has 2 aliphatic heterocycles. The van der Waals surface area contributed by atoms with Gasteiger partial charge in [-0.15, -0.1) is 34.2 Å². The predicted molar refractivity (Wildman–Crippen MR) is 142 cm³/mol. The summed E-state index contributed by atoms with van der Waals surface area (Å²) in [6.07, 6.45) is 6.07. The first-order valence-corrected chi connectivity index (χ1v) is 12.1. The molecule has 0 spiro atoms. The van der Waals surface area contributed by atoms with Crippen LogP contribution in [0.3, 0.4) is 0 Å². The van der Waals surface area contributed by atoms with Crippen molar-refractivity contribution in [3.05, 3.63) is 48.0 Å². The fourth-order valence-electron chi connectivity index (χ4n) is 4.40. The minimum absolute atomic E-state index is 0. The fourth-order valence-corrected chi connectivity index (χ4v) is 4.40. The molecule has 1 atom stereocenters. The molecule has 1 unspecified atom stereocenters. The number of hydrogen-bond donors (Lipinski definition) is 2. The summed E-state index contributed by atoms with van der Waals surface area (Å²) < 4.78 is 7.63. The molecule has 33 heavy (non-hydrogen) atoms. The lowest BCUT2D eigenvalue weighted by atomic mass is 10.0. The number of aliphatic imine (C=N–C) groups is 1. The van der Waals surface area contributed by atoms with E-state index in [1.807, 2.05) is 6.33 Å². The van der Waals surface area contributed by atoms with Crippen LogP contribution in [0.1, 0.15) is 37.6 Å². The van der Waals surface area contributed by atoms with Crippen molar-refractivity contribution in [3.8, 4) is 0 Å². The molecular formula is C24H38IN7O. The largest absolute Gasteiger partial charge is 0.381 e. The van der Waals surface area contributed by atoms with Gasteiger partial charge in [0, 0.05) is 64.3 Å². The van der Waals surface area contributed by atoms with Crippen molar-refractivity contribution in [1.82, 2.24) is 30.3 Å². The monoisotopic (exact) mass is 567 g/mol. The molecule has 0 amide bonds. The SMILES string of the molecule is CCc1nncn1CCNC(=NCC1CCOC1)NC1CCN(Cc2ccccc2)CC1.I. The Bertz CT molecular complexity index is 830. The number of likely N-dealkylation sites (tertiary alicyclic amines) is 1. The van der Waals surface area contributed by atoms with Crippen LogP contribution in [0.15, 0.2) is 41.7 Å². The maximum Gasteiger partial charge on any atom is 0.191 e. The molecule has 1 aromatic carbocycles. The van der Waals surface area contributed by atoms with Crippen molar-refractivity contribution in [2.45, 2.75) is 51.7 Å². The Hall–Kier alpha value is -1.72. The normalized spacial score (nSPS) is 19.9. The summed E-state index contributed by atoms with van der Waals surface area (Å²) in [5.41, 5.74) is 1.39. The van der Waals surface area contributed by atoms with E-state index in [1.54, 1.807) is 0 Å². The highest BCUT2D eigenvalue weighted by atomic mass is 127. The van der Waals surface area contributed by atoms with Crippen LogP contribution in [0.25, 0.3) is 0 Å². The summed E-state index contributed by atoms with van der Waals surface area (Å²) in [6.45, 7) is 9.49. The summed E-state index contributed by atoms with van der Waals surface area (Å²) in [5, 5.41) is 15.4. The van der Waals surface area contributed by atoms with Gasteiger partial charge in [-0.2, -0.15) is 0 Å². The van der Waals surface area contributed by atoms with Crippen molar-refractivity contribution in [1.29, 1.82) is 0 Å². The molecule has 2 saturated heterocycles. The molecule has 4 rings (SSSR count). The van der Waals surface area contributed by atoms with Gasteiger partial charge >= 0.3 is 0 Å². The number of ether oxygens (including phenoxy) is 1. The van der Waals surface area contributed by atoms with Gasteiger partial charge in [-0.05, 0) is 24.8 Å². The number of piperidine rings is 1. The Balaban J connectivity index is 0.00000306. The number of halogens is 1. The van der Waals surface area contributed by atoms with Crippen LogP contribution in [0, 0.1) is 5.92 Å². The zero-order valence-electron chi connectivity index (χ0n) is 19.7. The number of guanidine groups is 1. The van der Waals surface area contributed by atoms with E-state index in [-0.39, 0.29) is 24.0 Å². The minimum Gasteiger partial charge on any atom is -0.381 e. The topological polar surface area (TPSA) is 79.6 Å². The van der Waals surface area contributed by atoms with Crippen molar-refractivity contribution in [2.24, 2.45) is 10.9 Å². The molecule has 2 aliphatic rings. The maximum absolute atomic E-state index is 5.52. The zero-order chi connectivity index (χ0) is 22.0. The first-order chi connectivity index (χ1) is 15.8. The van der Waals surface area contributed by atoms with E-state index in [2.05, 4.69) is 67.6 Å². The standard InChI is InChI=1S/C24H37N7O.HI/c1-2-23-29-27-19-31(23)14-11-25-24(26-16-21-10-15-32-18-21)28-22-8-12-30(13-9-22)17-20-6-4-3-5-7-20;/h3-7,19,21-22H,2,8-18H2,1H3,(H2,25,26,28);1H. The quantitative estimate of drug-likeness (QED) is 0.276. The average molecular weight is 568 g/mol. The van der Waals surface area contributed by atoms with Crippen LogP contribution in [-0.4, -0.2) is 71.1 Å². The average Bonchev–Trinajstić information content (AvgIpc) is 3.51. The van der Waals surface area contributed by atoms with Gasteiger partial charge in [0.2, 0.25) is 0 Å². The lowest BCUT2D eigenvalue weighted by Gasteiger charge is -2.33. The van der Waals surface area contributed by atoms with Gasteiger partial charge < -0.3 is 19.9 Å². The van der Waals surface area contributed by atoms with Crippen LogP contribution in [0.4, 0.5) is 0 Å². The molecule has 9 heteroatoms. The van der Waals surface area contributed by atoms with Gasteiger partial charge in [-0.3, -0.25) is 9.89 Å². The minimum atomic E-state index is 0. The number of nitrogens with one attached hydrogen (secondary N) is 2. The van der Waals surface area contributed by atoms with E-state index in [4.69, 9.17) is 9.73 Å². The Kier molecular flexibility index (Phi) is 10.9. The van der Waals surface area contributed by atoms with Crippen LogP contribution < -0.4 is 10.6 Å². The predicted octanol–water partition coefficient (Wildman–Crippen LogP) is 2.69. The lowest BCUT2D eigenvalue weighted by molar-refractivity contribution is 0.187. The van der Waals surface area contributed by atoms with E-state index >= 15 is 0 Å². The summed E-state index contributed by atoms with van der Waals surface area (Å²) >= 11 is 0. The molecule has 0 bridgehead atoms. The molecule has 8 nitrogen and oxygen atoms in total. The van der Waals surface area contributed by atoms with Gasteiger partial charge in [0.1, 0.15) is 12.2 Å². The molecule has 0 radical (unpaired) electrons. The van der Waals surface area contributed by atoms with Gasteiger partial charge in [0.15, 0.2) is 5.96 Å². The molecule has 0 saturated carbocycles. The Labute approximate surface area is 214 Å². The molecule has 2 fully saturated rings. The molecule has 182 valence electrons. The second-order valence-electron chi connectivity index (χ2n) is 8.82. The summed E-state index contributed by atoms with van der Waals surface area (Å²) in [4.78, 5) is 7.46. The molecule has 2 N–H and O–H groups in total. The van der Waals surface area contributed by atoms with E-state index in [1.165, 1.54) is 5.56 Å². The molecule has 3 heterocycles. The van der Waals surface area contributed by atoms with Crippen molar-refractivity contribution < 1.29 is 4.74 Å². The van der Waals surface area contributed by atoms with Crippen LogP contribution >= 0.6 is 24.0 Å². The Morgan fingerprint density at radius 1 is 1.18 bits per heavy atom. The number of aromatic nitrogens is 3. The first-order valence-electron chi connectivity index (χ1n) is 12.1. The third-order valence-electron chi connectivity index (χ3n) is 6.37. The van der Waals surface area contributed by atoms with E-state index in [0.29, 0.717) is 12.0 Å². The number of aryl methyl sites for hydroxylation is 1. The fraction of sp³-hybridized carbons (Fsp3) is 0.625. The highest BCUT2D eigenvalue weighted by Gasteiger charge is 2.21. The molecule has 2 aromatic rings. The van der Waals surface area contributed by atoms with Crippen molar-refractivity contribution >= 4 is 29.9 Å². The second-order valence-corrected chi connectivity index (χ2v) is 8.82.